The molecule has 1 aliphatic rings. The van der Waals surface area contributed by atoms with Crippen molar-refractivity contribution in [2.24, 2.45) is 5.84 Å². The van der Waals surface area contributed by atoms with Crippen LogP contribution in [-0.2, 0) is 19.5 Å². The fourth-order valence-electron chi connectivity index (χ4n) is 3.34. The van der Waals surface area contributed by atoms with Crippen LogP contribution < -0.4 is 16.2 Å². The number of benzene rings is 1. The summed E-state index contributed by atoms with van der Waals surface area (Å²) in [4.78, 5) is 13.3. The Morgan fingerprint density at radius 2 is 2.12 bits per heavy atom. The van der Waals surface area contributed by atoms with E-state index in [4.69, 9.17) is 5.84 Å². The van der Waals surface area contributed by atoms with Crippen molar-refractivity contribution in [3.05, 3.63) is 46.3 Å². The summed E-state index contributed by atoms with van der Waals surface area (Å²) in [5, 5.41) is 1.89. The van der Waals surface area contributed by atoms with E-state index in [-0.39, 0.29) is 0 Å². The Morgan fingerprint density at radius 1 is 1.29 bits per heavy atom. The van der Waals surface area contributed by atoms with Crippen molar-refractivity contribution < 1.29 is 4.90 Å². The molecule has 0 amide bonds. The third-order valence-electron chi connectivity index (χ3n) is 4.47. The van der Waals surface area contributed by atoms with Crippen LogP contribution in [0.3, 0.4) is 0 Å². The quantitative estimate of drug-likeness (QED) is 0.287. The lowest BCUT2D eigenvalue weighted by atomic mass is 10.0. The van der Waals surface area contributed by atoms with Crippen LogP contribution in [0, 0.1) is 0 Å². The monoisotopic (exact) mass is 358 g/mol. The number of anilines is 1. The van der Waals surface area contributed by atoms with Crippen LogP contribution in [-0.4, -0.2) is 22.8 Å². The molecule has 0 fully saturated rings. The molecule has 0 radical (unpaired) electrons. The minimum Gasteiger partial charge on any atom is -0.326 e. The predicted molar refractivity (Wildman–Crippen MR) is 100 cm³/mol. The maximum Gasteiger partial charge on any atom is 0.190 e. The number of fused-ring (bicyclic) bond motifs is 3. The molecular formula is C17H20N5S2+. The van der Waals surface area contributed by atoms with Gasteiger partial charge in [-0.15, -0.1) is 11.3 Å². The van der Waals surface area contributed by atoms with Crippen LogP contribution in [0.15, 0.2) is 35.5 Å². The zero-order valence-corrected chi connectivity index (χ0v) is 15.1. The number of quaternary nitrogens is 1. The lowest BCUT2D eigenvalue weighted by molar-refractivity contribution is -0.929. The van der Waals surface area contributed by atoms with Crippen molar-refractivity contribution in [2.45, 2.75) is 24.7 Å². The highest BCUT2D eigenvalue weighted by Gasteiger charge is 2.26. The van der Waals surface area contributed by atoms with Gasteiger partial charge in [-0.25, -0.2) is 15.8 Å². The van der Waals surface area contributed by atoms with Gasteiger partial charge >= 0.3 is 0 Å². The van der Waals surface area contributed by atoms with Crippen molar-refractivity contribution in [1.82, 2.24) is 9.97 Å². The highest BCUT2D eigenvalue weighted by atomic mass is 32.2. The van der Waals surface area contributed by atoms with Gasteiger partial charge in [0.2, 0.25) is 0 Å². The van der Waals surface area contributed by atoms with Crippen LogP contribution in [0.2, 0.25) is 0 Å². The van der Waals surface area contributed by atoms with Gasteiger partial charge in [0.1, 0.15) is 17.9 Å². The van der Waals surface area contributed by atoms with E-state index in [1.165, 1.54) is 16.0 Å². The topological polar surface area (TPSA) is 68.3 Å². The average Bonchev–Trinajstić information content (AvgIpc) is 2.99. The molecule has 4 N–H and O–H groups in total. The Balaban J connectivity index is 1.66. The Hall–Kier alpha value is -1.67. The van der Waals surface area contributed by atoms with E-state index < -0.39 is 0 Å². The van der Waals surface area contributed by atoms with Gasteiger partial charge < -0.3 is 10.3 Å². The molecule has 0 spiro atoms. The van der Waals surface area contributed by atoms with Crippen molar-refractivity contribution >= 4 is 39.1 Å². The lowest BCUT2D eigenvalue weighted by Gasteiger charge is -2.24. The molecule has 5 nitrogen and oxygen atoms in total. The van der Waals surface area contributed by atoms with E-state index in [0.29, 0.717) is 0 Å². The number of nitrogen functional groups attached to an aromatic ring is 1. The minimum absolute atomic E-state index is 0.758. The summed E-state index contributed by atoms with van der Waals surface area (Å²) >= 11 is 3.34. The van der Waals surface area contributed by atoms with E-state index in [9.17, 15) is 0 Å². The predicted octanol–water partition coefficient (Wildman–Crippen LogP) is 1.84. The first-order valence-electron chi connectivity index (χ1n) is 7.99. The lowest BCUT2D eigenvalue weighted by Crippen LogP contribution is -3.10. The molecule has 1 aromatic carbocycles. The molecule has 0 saturated heterocycles. The molecule has 7 heteroatoms. The maximum absolute atomic E-state index is 5.71. The van der Waals surface area contributed by atoms with Gasteiger partial charge in [-0.1, -0.05) is 42.1 Å². The molecule has 1 atom stereocenters. The van der Waals surface area contributed by atoms with E-state index in [1.807, 2.05) is 6.26 Å². The number of thioether (sulfide) groups is 1. The molecule has 24 heavy (non-hydrogen) atoms. The van der Waals surface area contributed by atoms with E-state index in [0.717, 1.165) is 47.2 Å². The normalized spacial score (nSPS) is 17.0. The van der Waals surface area contributed by atoms with E-state index in [2.05, 4.69) is 45.7 Å². The van der Waals surface area contributed by atoms with Gasteiger partial charge in [-0.2, -0.15) is 0 Å². The highest BCUT2D eigenvalue weighted by molar-refractivity contribution is 7.98. The molecule has 0 aliphatic carbocycles. The van der Waals surface area contributed by atoms with Crippen molar-refractivity contribution in [3.8, 4) is 0 Å². The number of hydrogen-bond donors (Lipinski definition) is 3. The first-order valence-corrected chi connectivity index (χ1v) is 10.0. The summed E-state index contributed by atoms with van der Waals surface area (Å²) in [6.07, 6.45) is 3.04. The molecule has 4 rings (SSSR count). The fourth-order valence-corrected chi connectivity index (χ4v) is 5.05. The summed E-state index contributed by atoms with van der Waals surface area (Å²) in [5.74, 6) is 6.47. The first kappa shape index (κ1) is 15.8. The number of hydrogen-bond acceptors (Lipinski definition) is 6. The highest BCUT2D eigenvalue weighted by Crippen LogP contribution is 2.36. The van der Waals surface area contributed by atoms with Gasteiger partial charge in [-0.3, -0.25) is 0 Å². The summed E-state index contributed by atoms with van der Waals surface area (Å²) in [6, 6.07) is 10.7. The molecule has 3 aromatic rings. The Morgan fingerprint density at radius 3 is 2.88 bits per heavy atom. The summed E-state index contributed by atoms with van der Waals surface area (Å²) in [5.41, 5.74) is 5.54. The number of nitrogens with two attached hydrogens (primary N) is 1. The van der Waals surface area contributed by atoms with Gasteiger partial charge in [0.25, 0.3) is 0 Å². The zero-order valence-electron chi connectivity index (χ0n) is 13.5. The van der Waals surface area contributed by atoms with Gasteiger partial charge in [0.05, 0.1) is 16.8 Å². The summed E-state index contributed by atoms with van der Waals surface area (Å²) in [7, 11) is 0. The number of hydrazine groups is 1. The molecular weight excluding hydrogens is 338 g/mol. The van der Waals surface area contributed by atoms with Crippen LogP contribution >= 0.6 is 23.1 Å². The average molecular weight is 359 g/mol. The van der Waals surface area contributed by atoms with Gasteiger partial charge in [0, 0.05) is 12.0 Å². The SMILES string of the molecule is CSc1nc(NN)c2c3c(sc2n1)C[NH+](Cc1ccccc1)CC3. The van der Waals surface area contributed by atoms with E-state index in [1.54, 1.807) is 28.0 Å². The van der Waals surface area contributed by atoms with Gasteiger partial charge in [-0.05, 0) is 11.8 Å². The summed E-state index contributed by atoms with van der Waals surface area (Å²) in [6.45, 7) is 3.24. The number of nitrogens with zero attached hydrogens (tertiary/aromatic N) is 2. The van der Waals surface area contributed by atoms with E-state index >= 15 is 0 Å². The van der Waals surface area contributed by atoms with Gasteiger partial charge in [0.15, 0.2) is 11.0 Å². The van der Waals surface area contributed by atoms with Crippen LogP contribution in [0.5, 0.6) is 0 Å². The standard InChI is InChI=1S/C17H19N5S2/c1-23-17-19-15(21-18)14-12-7-8-22(9-11-5-3-2-4-6-11)10-13(12)24-16(14)20-17/h2-6H,7-10,18H2,1H3,(H,19,20,21)/p+1. The molecule has 3 heterocycles. The second-order valence-electron chi connectivity index (χ2n) is 5.98. The second-order valence-corrected chi connectivity index (χ2v) is 7.83. The largest absolute Gasteiger partial charge is 0.326 e. The second kappa shape index (κ2) is 6.68. The van der Waals surface area contributed by atoms with Crippen molar-refractivity contribution in [1.29, 1.82) is 0 Å². The Bertz CT molecular complexity index is 862. The number of aromatic nitrogens is 2. The van der Waals surface area contributed by atoms with Crippen LogP contribution in [0.25, 0.3) is 10.2 Å². The third-order valence-corrected chi connectivity index (χ3v) is 6.14. The molecule has 1 aliphatic heterocycles. The first-order chi connectivity index (χ1) is 11.8. The molecule has 124 valence electrons. The maximum atomic E-state index is 5.71. The Kier molecular flexibility index (Phi) is 4.41. The van der Waals surface area contributed by atoms with Crippen molar-refractivity contribution in [2.75, 3.05) is 18.2 Å². The van der Waals surface area contributed by atoms with Crippen LogP contribution in [0.4, 0.5) is 5.82 Å². The number of rotatable bonds is 4. The zero-order chi connectivity index (χ0) is 16.5. The van der Waals surface area contributed by atoms with Crippen molar-refractivity contribution in [3.63, 3.8) is 0 Å². The molecule has 2 aromatic heterocycles. The Labute approximate surface area is 149 Å². The third kappa shape index (κ3) is 2.88. The summed E-state index contributed by atoms with van der Waals surface area (Å²) < 4.78 is 0. The molecule has 0 saturated carbocycles. The number of thiophene rings is 1. The molecule has 1 unspecified atom stereocenters. The molecule has 0 bridgehead atoms. The minimum atomic E-state index is 0.758. The smallest absolute Gasteiger partial charge is 0.190 e. The number of nitrogens with one attached hydrogen (secondary N) is 2. The van der Waals surface area contributed by atoms with Crippen LogP contribution in [0.1, 0.15) is 16.0 Å². The fraction of sp³-hybridized carbons (Fsp3) is 0.294.